The first-order valence-corrected chi connectivity index (χ1v) is 6.59. The Hall–Kier alpha value is -1.29. The Morgan fingerprint density at radius 2 is 1.78 bits per heavy atom. The summed E-state index contributed by atoms with van der Waals surface area (Å²) in [5.41, 5.74) is 0. The number of rotatable bonds is 10. The maximum Gasteiger partial charge on any atom is 0.407 e. The van der Waals surface area contributed by atoms with Crippen molar-refractivity contribution in [3.8, 4) is 0 Å². The van der Waals surface area contributed by atoms with Crippen LogP contribution in [0.5, 0.6) is 0 Å². The molecule has 0 aliphatic rings. The Balaban J connectivity index is 3.33. The first kappa shape index (κ1) is 16.7. The molecule has 0 aromatic heterocycles. The summed E-state index contributed by atoms with van der Waals surface area (Å²) < 4.78 is 9.93. The topological polar surface area (TPSA) is 47.6 Å². The highest BCUT2D eigenvalue weighted by Gasteiger charge is 1.97. The van der Waals surface area contributed by atoms with Gasteiger partial charge in [-0.25, -0.2) is 4.79 Å². The Bertz CT molecular complexity index is 249. The van der Waals surface area contributed by atoms with Gasteiger partial charge in [0.1, 0.15) is 6.61 Å². The molecule has 0 atom stereocenters. The van der Waals surface area contributed by atoms with E-state index in [2.05, 4.69) is 30.5 Å². The molecule has 0 bridgehead atoms. The summed E-state index contributed by atoms with van der Waals surface area (Å²) >= 11 is 0. The molecule has 0 saturated carbocycles. The molecule has 0 heterocycles. The second-order valence-corrected chi connectivity index (χ2v) is 3.64. The quantitative estimate of drug-likeness (QED) is 0.482. The number of ether oxygens (including phenoxy) is 2. The lowest BCUT2D eigenvalue weighted by Gasteiger charge is -2.04. The second-order valence-electron chi connectivity index (χ2n) is 3.64. The van der Waals surface area contributed by atoms with E-state index in [0.717, 1.165) is 19.3 Å². The Morgan fingerprint density at radius 3 is 2.44 bits per heavy atom. The van der Waals surface area contributed by atoms with Crippen molar-refractivity contribution in [2.45, 2.75) is 33.1 Å². The van der Waals surface area contributed by atoms with Gasteiger partial charge in [-0.1, -0.05) is 31.2 Å². The van der Waals surface area contributed by atoms with Gasteiger partial charge in [-0.3, -0.25) is 0 Å². The molecule has 0 fully saturated rings. The highest BCUT2D eigenvalue weighted by atomic mass is 16.6. The number of hydrogen-bond donors (Lipinski definition) is 1. The van der Waals surface area contributed by atoms with Gasteiger partial charge in [0, 0.05) is 13.2 Å². The van der Waals surface area contributed by atoms with E-state index in [-0.39, 0.29) is 0 Å². The molecule has 1 amide bonds. The summed E-state index contributed by atoms with van der Waals surface area (Å²) in [6.45, 7) is 5.91. The Morgan fingerprint density at radius 1 is 1.06 bits per heavy atom. The minimum Gasteiger partial charge on any atom is -0.447 e. The van der Waals surface area contributed by atoms with Gasteiger partial charge >= 0.3 is 6.09 Å². The third-order valence-electron chi connectivity index (χ3n) is 2.10. The molecule has 0 unspecified atom stereocenters. The van der Waals surface area contributed by atoms with Crippen LogP contribution in [0, 0.1) is 0 Å². The number of hydrogen-bond acceptors (Lipinski definition) is 3. The van der Waals surface area contributed by atoms with Crippen molar-refractivity contribution < 1.29 is 14.3 Å². The van der Waals surface area contributed by atoms with Crippen LogP contribution in [0.15, 0.2) is 24.3 Å². The van der Waals surface area contributed by atoms with E-state index in [1.165, 1.54) is 0 Å². The van der Waals surface area contributed by atoms with Crippen LogP contribution in [0.2, 0.25) is 0 Å². The molecular weight excluding hydrogens is 230 g/mol. The molecule has 0 aromatic carbocycles. The summed E-state index contributed by atoms with van der Waals surface area (Å²) in [6.07, 6.45) is 11.0. The maximum absolute atomic E-state index is 11.1. The van der Waals surface area contributed by atoms with Crippen molar-refractivity contribution in [1.29, 1.82) is 0 Å². The van der Waals surface area contributed by atoms with Crippen LogP contribution in [0.25, 0.3) is 0 Å². The molecule has 18 heavy (non-hydrogen) atoms. The van der Waals surface area contributed by atoms with Gasteiger partial charge in [0.25, 0.3) is 0 Å². The molecule has 0 aliphatic heterocycles. The van der Waals surface area contributed by atoms with Gasteiger partial charge < -0.3 is 14.8 Å². The van der Waals surface area contributed by atoms with Gasteiger partial charge in [0.15, 0.2) is 0 Å². The summed E-state index contributed by atoms with van der Waals surface area (Å²) in [4.78, 5) is 11.1. The fraction of sp³-hybridized carbons (Fsp3) is 0.643. The van der Waals surface area contributed by atoms with Crippen LogP contribution in [0.4, 0.5) is 4.79 Å². The zero-order valence-corrected chi connectivity index (χ0v) is 11.5. The molecule has 0 radical (unpaired) electrons. The van der Waals surface area contributed by atoms with Gasteiger partial charge in [0.05, 0.1) is 6.61 Å². The molecule has 0 spiro atoms. The number of unbranched alkanes of at least 4 members (excludes halogenated alkanes) is 1. The normalized spacial score (nSPS) is 11.2. The van der Waals surface area contributed by atoms with Gasteiger partial charge in [-0.05, 0) is 26.2 Å². The average Bonchev–Trinajstić information content (AvgIpc) is 2.38. The highest BCUT2D eigenvalue weighted by molar-refractivity contribution is 5.67. The zero-order valence-electron chi connectivity index (χ0n) is 11.5. The summed E-state index contributed by atoms with van der Waals surface area (Å²) in [7, 11) is 0. The van der Waals surface area contributed by atoms with Crippen molar-refractivity contribution in [2.24, 2.45) is 0 Å². The standard InChI is InChI=1S/C14H25NO3/c1-3-5-6-7-8-9-10-11-15-14(16)18-13-12-17-4-2/h5-6,9-10H,3-4,7-8,11-13H2,1-2H3,(H,15,16)/b6-5-,10-9+. The lowest BCUT2D eigenvalue weighted by Crippen LogP contribution is -2.25. The van der Waals surface area contributed by atoms with Crippen molar-refractivity contribution >= 4 is 6.09 Å². The van der Waals surface area contributed by atoms with Gasteiger partial charge in [0.2, 0.25) is 0 Å². The number of amides is 1. The average molecular weight is 255 g/mol. The molecule has 104 valence electrons. The largest absolute Gasteiger partial charge is 0.447 e. The number of alkyl carbamates (subject to hydrolysis) is 1. The monoisotopic (exact) mass is 255 g/mol. The van der Waals surface area contributed by atoms with Crippen LogP contribution < -0.4 is 5.32 Å². The van der Waals surface area contributed by atoms with Crippen molar-refractivity contribution in [2.75, 3.05) is 26.4 Å². The third-order valence-corrected chi connectivity index (χ3v) is 2.10. The van der Waals surface area contributed by atoms with E-state index in [1.54, 1.807) is 0 Å². The highest BCUT2D eigenvalue weighted by Crippen LogP contribution is 1.93. The number of carbonyl (C=O) groups is 1. The molecule has 1 N–H and O–H groups in total. The predicted molar refractivity (Wildman–Crippen MR) is 73.6 cm³/mol. The van der Waals surface area contributed by atoms with Crippen molar-refractivity contribution in [1.82, 2.24) is 5.32 Å². The minimum atomic E-state index is -0.398. The molecule has 4 nitrogen and oxygen atoms in total. The molecule has 0 aromatic rings. The van der Waals surface area contributed by atoms with E-state index in [9.17, 15) is 4.79 Å². The molecule has 0 rings (SSSR count). The zero-order chi connectivity index (χ0) is 13.5. The molecule has 0 saturated heterocycles. The van der Waals surface area contributed by atoms with E-state index in [1.807, 2.05) is 13.0 Å². The van der Waals surface area contributed by atoms with E-state index >= 15 is 0 Å². The first-order chi connectivity index (χ1) is 8.81. The van der Waals surface area contributed by atoms with Crippen LogP contribution in [-0.4, -0.2) is 32.5 Å². The smallest absolute Gasteiger partial charge is 0.407 e. The Labute approximate surface area is 110 Å². The van der Waals surface area contributed by atoms with E-state index in [0.29, 0.717) is 26.4 Å². The first-order valence-electron chi connectivity index (χ1n) is 6.59. The predicted octanol–water partition coefficient (Wildman–Crippen LogP) is 3.05. The lowest BCUT2D eigenvalue weighted by atomic mass is 10.2. The fourth-order valence-electron chi connectivity index (χ4n) is 1.21. The summed E-state index contributed by atoms with van der Waals surface area (Å²) in [5.74, 6) is 0. The van der Waals surface area contributed by atoms with Crippen LogP contribution >= 0.6 is 0 Å². The van der Waals surface area contributed by atoms with E-state index < -0.39 is 6.09 Å². The SMILES string of the molecule is CC/C=C\CC/C=C/CNC(=O)OCCOCC. The third kappa shape index (κ3) is 12.8. The fourth-order valence-corrected chi connectivity index (χ4v) is 1.21. The number of allylic oxidation sites excluding steroid dienone is 3. The minimum absolute atomic E-state index is 0.297. The number of carbonyl (C=O) groups excluding carboxylic acids is 1. The maximum atomic E-state index is 11.1. The number of nitrogens with one attached hydrogen (secondary N) is 1. The van der Waals surface area contributed by atoms with E-state index in [4.69, 9.17) is 9.47 Å². The van der Waals surface area contributed by atoms with Crippen molar-refractivity contribution in [3.63, 3.8) is 0 Å². The van der Waals surface area contributed by atoms with Gasteiger partial charge in [-0.15, -0.1) is 0 Å². The van der Waals surface area contributed by atoms with Crippen molar-refractivity contribution in [3.05, 3.63) is 24.3 Å². The molecular formula is C14H25NO3. The van der Waals surface area contributed by atoms with Crippen LogP contribution in [0.3, 0.4) is 0 Å². The van der Waals surface area contributed by atoms with Gasteiger partial charge in [-0.2, -0.15) is 0 Å². The molecule has 0 aliphatic carbocycles. The molecule has 4 heteroatoms. The Kier molecular flexibility index (Phi) is 12.8. The lowest BCUT2D eigenvalue weighted by molar-refractivity contribution is 0.0793. The summed E-state index contributed by atoms with van der Waals surface area (Å²) in [6, 6.07) is 0. The second kappa shape index (κ2) is 13.8. The summed E-state index contributed by atoms with van der Waals surface area (Å²) in [5, 5.41) is 2.64. The van der Waals surface area contributed by atoms with Crippen LogP contribution in [0.1, 0.15) is 33.1 Å². The van der Waals surface area contributed by atoms with Crippen LogP contribution in [-0.2, 0) is 9.47 Å².